The first-order valence-corrected chi connectivity index (χ1v) is 6.09. The summed E-state index contributed by atoms with van der Waals surface area (Å²) in [4.78, 5) is 14.3. The molecule has 1 N–H and O–H groups in total. The van der Waals surface area contributed by atoms with Crippen molar-refractivity contribution in [3.05, 3.63) is 36.0 Å². The third-order valence-electron chi connectivity index (χ3n) is 1.99. The van der Waals surface area contributed by atoms with E-state index >= 15 is 0 Å². The second-order valence-corrected chi connectivity index (χ2v) is 2.74. The first kappa shape index (κ1) is 15.5. The maximum absolute atomic E-state index is 11.3. The number of aromatic amines is 1. The SMILES string of the molecule is COC(=O)c1cccc2cc[nH]c12.[Br-].[CH3][Mg+]. The molecule has 1 heterocycles. The number of nitrogens with one attached hydrogen (secondary N) is 1. The Labute approximate surface area is 118 Å². The van der Waals surface area contributed by atoms with Gasteiger partial charge in [0.25, 0.3) is 0 Å². The van der Waals surface area contributed by atoms with Crippen LogP contribution in [0.2, 0.25) is 5.05 Å². The van der Waals surface area contributed by atoms with Crippen molar-refractivity contribution in [3.63, 3.8) is 0 Å². The van der Waals surface area contributed by atoms with Crippen LogP contribution in [0.15, 0.2) is 30.5 Å². The van der Waals surface area contributed by atoms with Gasteiger partial charge in [-0.1, -0.05) is 12.1 Å². The van der Waals surface area contributed by atoms with E-state index in [0.29, 0.717) is 5.56 Å². The number of hydrogen-bond acceptors (Lipinski definition) is 2. The molecule has 2 aromatic rings. The Hall–Kier alpha value is -0.524. The van der Waals surface area contributed by atoms with Crippen LogP contribution in [0.1, 0.15) is 10.4 Å². The molecular weight excluding hydrogens is 282 g/mol. The van der Waals surface area contributed by atoms with E-state index in [0.717, 1.165) is 10.9 Å². The van der Waals surface area contributed by atoms with Crippen molar-refractivity contribution >= 4 is 38.6 Å². The molecule has 0 aliphatic rings. The van der Waals surface area contributed by atoms with Crippen molar-refractivity contribution < 1.29 is 26.5 Å². The molecule has 16 heavy (non-hydrogen) atoms. The topological polar surface area (TPSA) is 42.1 Å². The number of esters is 1. The van der Waals surface area contributed by atoms with Gasteiger partial charge in [0.05, 0.1) is 18.2 Å². The molecular formula is C11H12BrMgNO2. The number of methoxy groups -OCH3 is 1. The molecule has 0 bridgehead atoms. The van der Waals surface area contributed by atoms with E-state index in [1.54, 1.807) is 12.3 Å². The molecule has 0 amide bonds. The first-order chi connectivity index (χ1) is 7.33. The van der Waals surface area contributed by atoms with Crippen molar-refractivity contribution in [1.82, 2.24) is 4.98 Å². The molecule has 0 spiro atoms. The van der Waals surface area contributed by atoms with Crippen LogP contribution in [0, 0.1) is 0 Å². The number of halogens is 1. The summed E-state index contributed by atoms with van der Waals surface area (Å²) in [5.74, 6) is -0.312. The van der Waals surface area contributed by atoms with E-state index in [1.807, 2.05) is 45.0 Å². The van der Waals surface area contributed by atoms with Crippen molar-refractivity contribution in [1.29, 1.82) is 0 Å². The normalized spacial score (nSPS) is 8.75. The number of benzene rings is 1. The van der Waals surface area contributed by atoms with Crippen molar-refractivity contribution in [3.8, 4) is 0 Å². The second-order valence-electron chi connectivity index (χ2n) is 2.74. The van der Waals surface area contributed by atoms with Gasteiger partial charge in [-0.3, -0.25) is 0 Å². The summed E-state index contributed by atoms with van der Waals surface area (Å²) in [5, 5.41) is 3.04. The number of H-pyrrole nitrogens is 1. The van der Waals surface area contributed by atoms with E-state index in [9.17, 15) is 4.79 Å². The van der Waals surface area contributed by atoms with Crippen LogP contribution >= 0.6 is 0 Å². The standard InChI is InChI=1S/C10H9NO2.CH3.BrH.Mg/c1-13-10(12)8-4-2-3-7-5-6-11-9(7)8;;;/h2-6,11H,1H3;1H3;1H;/q;;;+1/p-1. The van der Waals surface area contributed by atoms with Gasteiger partial charge in [0.1, 0.15) is 0 Å². The molecule has 2 rings (SSSR count). The quantitative estimate of drug-likeness (QED) is 0.551. The fraction of sp³-hybridized carbons (Fsp3) is 0.182. The van der Waals surface area contributed by atoms with Crippen LogP contribution < -0.4 is 17.0 Å². The minimum absolute atomic E-state index is 0. The zero-order valence-corrected chi connectivity index (χ0v) is 12.3. The van der Waals surface area contributed by atoms with E-state index < -0.39 is 0 Å². The van der Waals surface area contributed by atoms with Gasteiger partial charge in [-0.15, -0.1) is 0 Å². The third-order valence-corrected chi connectivity index (χ3v) is 1.99. The van der Waals surface area contributed by atoms with Gasteiger partial charge < -0.3 is 26.7 Å². The number of carbonyl (C=O) groups excluding carboxylic acids is 1. The average molecular weight is 294 g/mol. The van der Waals surface area contributed by atoms with Gasteiger partial charge in [0.2, 0.25) is 0 Å². The number of hydrogen-bond donors (Lipinski definition) is 1. The first-order valence-electron chi connectivity index (χ1n) is 4.68. The fourth-order valence-corrected chi connectivity index (χ4v) is 1.36. The molecule has 0 saturated carbocycles. The Balaban J connectivity index is 0.000000711. The Bertz CT molecular complexity index is 456. The minimum atomic E-state index is -0.312. The van der Waals surface area contributed by atoms with E-state index in [1.165, 1.54) is 7.11 Å². The molecule has 1 aromatic heterocycles. The molecule has 3 nitrogen and oxygen atoms in total. The average Bonchev–Trinajstić information content (AvgIpc) is 2.78. The number of aromatic nitrogens is 1. The van der Waals surface area contributed by atoms with Crippen LogP contribution in [0.5, 0.6) is 0 Å². The van der Waals surface area contributed by atoms with Crippen molar-refractivity contribution in [2.75, 3.05) is 7.11 Å². The zero-order chi connectivity index (χ0) is 11.3. The maximum atomic E-state index is 11.3. The van der Waals surface area contributed by atoms with E-state index in [4.69, 9.17) is 0 Å². The summed E-state index contributed by atoms with van der Waals surface area (Å²) in [5.41, 5.74) is 1.40. The Kier molecular flexibility index (Phi) is 7.45. The summed E-state index contributed by atoms with van der Waals surface area (Å²) in [6.45, 7) is 0. The summed E-state index contributed by atoms with van der Waals surface area (Å²) >= 11 is 1.86. The Morgan fingerprint density at radius 2 is 2.00 bits per heavy atom. The molecule has 0 atom stereocenters. The van der Waals surface area contributed by atoms with Crippen molar-refractivity contribution in [2.45, 2.75) is 5.05 Å². The van der Waals surface area contributed by atoms with Crippen LogP contribution in [0.4, 0.5) is 0 Å². The van der Waals surface area contributed by atoms with Crippen LogP contribution in [-0.4, -0.2) is 39.8 Å². The zero-order valence-electron chi connectivity index (χ0n) is 9.29. The molecule has 5 heteroatoms. The Morgan fingerprint density at radius 1 is 1.31 bits per heavy atom. The molecule has 0 fully saturated rings. The van der Waals surface area contributed by atoms with Crippen LogP contribution in [0.3, 0.4) is 0 Å². The number of ether oxygens (including phenoxy) is 1. The predicted octanol–water partition coefficient (Wildman–Crippen LogP) is -0.838. The summed E-state index contributed by atoms with van der Waals surface area (Å²) in [6, 6.07) is 7.44. The molecule has 0 aliphatic carbocycles. The summed E-state index contributed by atoms with van der Waals surface area (Å²) in [6.07, 6.45) is 1.80. The third kappa shape index (κ3) is 3.23. The molecule has 1 aromatic carbocycles. The predicted molar refractivity (Wildman–Crippen MR) is 61.3 cm³/mol. The number of fused-ring (bicyclic) bond motifs is 1. The van der Waals surface area contributed by atoms with Gasteiger partial charge >= 0.3 is 32.7 Å². The van der Waals surface area contributed by atoms with Crippen molar-refractivity contribution in [2.24, 2.45) is 0 Å². The van der Waals surface area contributed by atoms with E-state index in [-0.39, 0.29) is 23.0 Å². The molecule has 0 unspecified atom stereocenters. The fourth-order valence-electron chi connectivity index (χ4n) is 1.36. The second kappa shape index (κ2) is 7.70. The number of para-hydroxylation sites is 1. The van der Waals surface area contributed by atoms with Gasteiger partial charge in [0.15, 0.2) is 0 Å². The molecule has 82 valence electrons. The van der Waals surface area contributed by atoms with Crippen LogP contribution in [-0.2, 0) is 4.74 Å². The number of carbonyl (C=O) groups is 1. The van der Waals surface area contributed by atoms with E-state index in [2.05, 4.69) is 9.72 Å². The monoisotopic (exact) mass is 293 g/mol. The van der Waals surface area contributed by atoms with Crippen LogP contribution in [0.25, 0.3) is 10.9 Å². The van der Waals surface area contributed by atoms with Gasteiger partial charge in [-0.2, -0.15) is 0 Å². The van der Waals surface area contributed by atoms with Gasteiger partial charge in [-0.05, 0) is 12.1 Å². The molecule has 0 aliphatic heterocycles. The van der Waals surface area contributed by atoms with Gasteiger partial charge in [0, 0.05) is 11.6 Å². The summed E-state index contributed by atoms with van der Waals surface area (Å²) < 4.78 is 4.65. The number of rotatable bonds is 1. The molecule has 0 radical (unpaired) electrons. The summed E-state index contributed by atoms with van der Waals surface area (Å²) in [7, 11) is 1.38. The Morgan fingerprint density at radius 3 is 2.62 bits per heavy atom. The van der Waals surface area contributed by atoms with Gasteiger partial charge in [-0.25, -0.2) is 4.79 Å². The molecule has 0 saturated heterocycles.